The SMILES string of the molecule is CCN1CCC2(CC1)OC[C@@H](C(=O)O)N2C(=O)c1ccc(F)cc1F. The minimum atomic E-state index is -1.20. The summed E-state index contributed by atoms with van der Waals surface area (Å²) in [6, 6.07) is 1.45. The first kappa shape index (κ1) is 17.8. The van der Waals surface area contributed by atoms with Crippen LogP contribution in [0.4, 0.5) is 8.78 Å². The molecule has 2 aliphatic rings. The van der Waals surface area contributed by atoms with E-state index in [0.29, 0.717) is 32.0 Å². The number of carbonyl (C=O) groups is 2. The first-order chi connectivity index (χ1) is 11.9. The van der Waals surface area contributed by atoms with Crippen LogP contribution >= 0.6 is 0 Å². The molecule has 0 unspecified atom stereocenters. The van der Waals surface area contributed by atoms with Crippen molar-refractivity contribution in [1.29, 1.82) is 0 Å². The van der Waals surface area contributed by atoms with E-state index in [-0.39, 0.29) is 12.2 Å². The molecular formula is C17H20F2N2O4. The summed E-state index contributed by atoms with van der Waals surface area (Å²) in [6.07, 6.45) is 0.887. The van der Waals surface area contributed by atoms with Gasteiger partial charge in [0.1, 0.15) is 17.4 Å². The number of piperidine rings is 1. The van der Waals surface area contributed by atoms with Crippen LogP contribution in [0.2, 0.25) is 0 Å². The van der Waals surface area contributed by atoms with Crippen molar-refractivity contribution in [2.24, 2.45) is 0 Å². The van der Waals surface area contributed by atoms with Crippen molar-refractivity contribution in [2.45, 2.75) is 31.5 Å². The number of aliphatic carboxylic acids is 1. The van der Waals surface area contributed by atoms with Crippen LogP contribution in [0.5, 0.6) is 0 Å². The van der Waals surface area contributed by atoms with Crippen molar-refractivity contribution in [3.63, 3.8) is 0 Å². The third-order valence-corrected chi connectivity index (χ3v) is 5.01. The van der Waals surface area contributed by atoms with Gasteiger partial charge in [-0.25, -0.2) is 13.6 Å². The molecule has 25 heavy (non-hydrogen) atoms. The molecule has 1 amide bonds. The van der Waals surface area contributed by atoms with Gasteiger partial charge in [0, 0.05) is 32.0 Å². The molecule has 8 heteroatoms. The molecule has 1 aromatic carbocycles. The Bertz CT molecular complexity index is 689. The van der Waals surface area contributed by atoms with Crippen molar-refractivity contribution in [2.75, 3.05) is 26.2 Å². The van der Waals surface area contributed by atoms with Crippen molar-refractivity contribution in [1.82, 2.24) is 9.80 Å². The molecular weight excluding hydrogens is 334 g/mol. The van der Waals surface area contributed by atoms with Gasteiger partial charge in [0.05, 0.1) is 12.2 Å². The normalized spacial score (nSPS) is 23.2. The van der Waals surface area contributed by atoms with Gasteiger partial charge in [0.2, 0.25) is 0 Å². The van der Waals surface area contributed by atoms with E-state index in [4.69, 9.17) is 4.74 Å². The van der Waals surface area contributed by atoms with Crippen LogP contribution in [0.15, 0.2) is 18.2 Å². The maximum atomic E-state index is 14.1. The van der Waals surface area contributed by atoms with E-state index in [2.05, 4.69) is 4.90 Å². The van der Waals surface area contributed by atoms with Gasteiger partial charge in [0.25, 0.3) is 5.91 Å². The smallest absolute Gasteiger partial charge is 0.328 e. The second-order valence-corrected chi connectivity index (χ2v) is 6.34. The predicted molar refractivity (Wildman–Crippen MR) is 84.0 cm³/mol. The van der Waals surface area contributed by atoms with E-state index < -0.39 is 35.3 Å². The van der Waals surface area contributed by atoms with E-state index >= 15 is 0 Å². The summed E-state index contributed by atoms with van der Waals surface area (Å²) < 4.78 is 33.0. The quantitative estimate of drug-likeness (QED) is 0.895. The molecule has 136 valence electrons. The number of rotatable bonds is 3. The molecule has 0 saturated carbocycles. The third kappa shape index (κ3) is 3.11. The number of benzene rings is 1. The number of hydrogen-bond donors (Lipinski definition) is 1. The summed E-state index contributed by atoms with van der Waals surface area (Å²) in [5.74, 6) is -3.80. The van der Waals surface area contributed by atoms with Gasteiger partial charge in [-0.15, -0.1) is 0 Å². The molecule has 0 aromatic heterocycles. The lowest BCUT2D eigenvalue weighted by Crippen LogP contribution is -2.58. The molecule has 0 radical (unpaired) electrons. The third-order valence-electron chi connectivity index (χ3n) is 5.01. The Morgan fingerprint density at radius 2 is 2.00 bits per heavy atom. The van der Waals surface area contributed by atoms with Crippen molar-refractivity contribution in [3.8, 4) is 0 Å². The van der Waals surface area contributed by atoms with Gasteiger partial charge in [-0.1, -0.05) is 6.92 Å². The molecule has 2 saturated heterocycles. The number of nitrogens with zero attached hydrogens (tertiary/aromatic N) is 2. The fourth-order valence-corrected chi connectivity index (χ4v) is 3.57. The second kappa shape index (κ2) is 6.68. The minimum Gasteiger partial charge on any atom is -0.480 e. The topological polar surface area (TPSA) is 70.1 Å². The summed E-state index contributed by atoms with van der Waals surface area (Å²) in [5.41, 5.74) is -1.41. The highest BCUT2D eigenvalue weighted by atomic mass is 19.1. The Morgan fingerprint density at radius 1 is 1.32 bits per heavy atom. The summed E-state index contributed by atoms with van der Waals surface area (Å²) >= 11 is 0. The van der Waals surface area contributed by atoms with Gasteiger partial charge < -0.3 is 14.7 Å². The largest absolute Gasteiger partial charge is 0.480 e. The molecule has 2 heterocycles. The number of carbonyl (C=O) groups excluding carboxylic acids is 1. The van der Waals surface area contributed by atoms with Crippen LogP contribution in [-0.2, 0) is 9.53 Å². The standard InChI is InChI=1S/C17H20F2N2O4/c1-2-20-7-5-17(6-8-20)21(14(10-25-17)16(23)24)15(22)12-4-3-11(18)9-13(12)19/h3-4,9,14H,2,5-8,10H2,1H3,(H,23,24)/t14-/m0/s1. The maximum absolute atomic E-state index is 14.1. The van der Waals surface area contributed by atoms with E-state index in [1.165, 1.54) is 0 Å². The average molecular weight is 354 g/mol. The molecule has 1 N–H and O–H groups in total. The van der Waals surface area contributed by atoms with E-state index in [1.54, 1.807) is 0 Å². The molecule has 0 bridgehead atoms. The molecule has 1 aromatic rings. The number of carboxylic acid groups (broad SMARTS) is 1. The molecule has 3 rings (SSSR count). The lowest BCUT2D eigenvalue weighted by atomic mass is 9.96. The fraction of sp³-hybridized carbons (Fsp3) is 0.529. The Balaban J connectivity index is 1.95. The van der Waals surface area contributed by atoms with Crippen LogP contribution in [0.25, 0.3) is 0 Å². The highest BCUT2D eigenvalue weighted by Crippen LogP contribution is 2.38. The summed E-state index contributed by atoms with van der Waals surface area (Å²) in [7, 11) is 0. The number of carboxylic acids is 1. The highest BCUT2D eigenvalue weighted by molar-refractivity contribution is 5.97. The molecule has 2 aliphatic heterocycles. The fourth-order valence-electron chi connectivity index (χ4n) is 3.57. The predicted octanol–water partition coefficient (Wildman–Crippen LogP) is 1.70. The van der Waals surface area contributed by atoms with Crippen LogP contribution in [0, 0.1) is 11.6 Å². The highest BCUT2D eigenvalue weighted by Gasteiger charge is 2.54. The van der Waals surface area contributed by atoms with Crippen LogP contribution < -0.4 is 0 Å². The summed E-state index contributed by atoms with van der Waals surface area (Å²) in [4.78, 5) is 27.8. The first-order valence-electron chi connectivity index (χ1n) is 8.26. The number of amides is 1. The van der Waals surface area contributed by atoms with Gasteiger partial charge in [-0.05, 0) is 18.7 Å². The number of likely N-dealkylation sites (tertiary alicyclic amines) is 1. The number of halogens is 2. The number of ether oxygens (including phenoxy) is 1. The summed E-state index contributed by atoms with van der Waals surface area (Å²) in [6.45, 7) is 4.02. The Labute approximate surface area is 144 Å². The van der Waals surface area contributed by atoms with Gasteiger partial charge in [0.15, 0.2) is 6.04 Å². The van der Waals surface area contributed by atoms with Crippen molar-refractivity contribution >= 4 is 11.9 Å². The van der Waals surface area contributed by atoms with E-state index in [0.717, 1.165) is 23.6 Å². The first-order valence-corrected chi connectivity index (χ1v) is 8.26. The monoisotopic (exact) mass is 354 g/mol. The lowest BCUT2D eigenvalue weighted by molar-refractivity contribution is -0.143. The van der Waals surface area contributed by atoms with Crippen molar-refractivity contribution in [3.05, 3.63) is 35.4 Å². The maximum Gasteiger partial charge on any atom is 0.328 e. The van der Waals surface area contributed by atoms with Crippen LogP contribution in [-0.4, -0.2) is 64.8 Å². The Morgan fingerprint density at radius 3 is 2.56 bits per heavy atom. The zero-order valence-corrected chi connectivity index (χ0v) is 13.9. The average Bonchev–Trinajstić information content (AvgIpc) is 2.94. The molecule has 0 aliphatic carbocycles. The molecule has 6 nitrogen and oxygen atoms in total. The van der Waals surface area contributed by atoms with E-state index in [9.17, 15) is 23.5 Å². The zero-order chi connectivity index (χ0) is 18.2. The summed E-state index contributed by atoms with van der Waals surface area (Å²) in [5, 5.41) is 9.47. The molecule has 2 fully saturated rings. The second-order valence-electron chi connectivity index (χ2n) is 6.34. The number of hydrogen-bond acceptors (Lipinski definition) is 4. The zero-order valence-electron chi connectivity index (χ0n) is 13.9. The Kier molecular flexibility index (Phi) is 4.75. The molecule has 1 spiro atoms. The van der Waals surface area contributed by atoms with Gasteiger partial charge >= 0.3 is 5.97 Å². The van der Waals surface area contributed by atoms with Crippen molar-refractivity contribution < 1.29 is 28.2 Å². The van der Waals surface area contributed by atoms with Gasteiger partial charge in [-0.2, -0.15) is 0 Å². The van der Waals surface area contributed by atoms with Crippen LogP contribution in [0.3, 0.4) is 0 Å². The van der Waals surface area contributed by atoms with Gasteiger partial charge in [-0.3, -0.25) is 9.69 Å². The lowest BCUT2D eigenvalue weighted by Gasteiger charge is -2.44. The Hall–Kier alpha value is -2.06. The minimum absolute atomic E-state index is 0.143. The van der Waals surface area contributed by atoms with E-state index in [1.807, 2.05) is 6.92 Å². The van der Waals surface area contributed by atoms with Crippen LogP contribution in [0.1, 0.15) is 30.1 Å². The molecule has 1 atom stereocenters.